The normalized spacial score (nSPS) is 22.6. The van der Waals surface area contributed by atoms with E-state index >= 15 is 0 Å². The van der Waals surface area contributed by atoms with Gasteiger partial charge in [0.15, 0.2) is 0 Å². The molecule has 0 aliphatic carbocycles. The number of carbonyl (C=O) groups is 1. The Labute approximate surface area is 182 Å². The van der Waals surface area contributed by atoms with E-state index in [0.717, 1.165) is 18.7 Å². The third-order valence-corrected chi connectivity index (χ3v) is 4.69. The van der Waals surface area contributed by atoms with Gasteiger partial charge in [-0.25, -0.2) is 10.1 Å². The van der Waals surface area contributed by atoms with Crippen LogP contribution in [0.5, 0.6) is 0 Å². The first kappa shape index (κ1) is 23.0. The number of esters is 1. The number of hydrogen-bond donors (Lipinski definition) is 1. The molecule has 11 heteroatoms. The second kappa shape index (κ2) is 9.24. The lowest BCUT2D eigenvalue weighted by molar-refractivity contribution is -0.464. The minimum Gasteiger partial charge on any atom is -0.465 e. The van der Waals surface area contributed by atoms with Crippen LogP contribution in [0.1, 0.15) is 16.7 Å². The molecular formula is C21H20N2O9. The zero-order valence-electron chi connectivity index (χ0n) is 17.4. The van der Waals surface area contributed by atoms with E-state index in [1.165, 1.54) is 37.6 Å². The topological polar surface area (TPSA) is 139 Å². The van der Waals surface area contributed by atoms with Crippen molar-refractivity contribution in [2.75, 3.05) is 14.2 Å². The van der Waals surface area contributed by atoms with Crippen LogP contribution in [0.25, 0.3) is 0 Å². The average Bonchev–Trinajstić information content (AvgIpc) is 3.15. The van der Waals surface area contributed by atoms with Gasteiger partial charge in [0.1, 0.15) is 5.57 Å². The molecule has 2 aromatic carbocycles. The number of hydrogen-bond acceptors (Lipinski definition) is 10. The van der Waals surface area contributed by atoms with Crippen LogP contribution < -0.4 is 0 Å². The molecule has 0 unspecified atom stereocenters. The highest BCUT2D eigenvalue weighted by Gasteiger charge is 2.59. The molecule has 0 saturated heterocycles. The van der Waals surface area contributed by atoms with Gasteiger partial charge in [0.05, 0.1) is 18.2 Å². The van der Waals surface area contributed by atoms with Gasteiger partial charge in [0.2, 0.25) is 0 Å². The van der Waals surface area contributed by atoms with Gasteiger partial charge in [-0.3, -0.25) is 14.9 Å². The molecule has 0 fully saturated rings. The second-order valence-corrected chi connectivity index (χ2v) is 6.71. The summed E-state index contributed by atoms with van der Waals surface area (Å²) in [6.07, 6.45) is 2.39. The van der Waals surface area contributed by atoms with E-state index in [9.17, 15) is 20.2 Å². The fraction of sp³-hybridized carbons (Fsp3) is 0.238. The minimum atomic E-state index is -2.22. The van der Waals surface area contributed by atoms with Crippen LogP contribution in [0.2, 0.25) is 0 Å². The summed E-state index contributed by atoms with van der Waals surface area (Å²) in [4.78, 5) is 32.7. The van der Waals surface area contributed by atoms with Gasteiger partial charge in [-0.2, -0.15) is 4.89 Å². The largest absolute Gasteiger partial charge is 0.465 e. The van der Waals surface area contributed by atoms with E-state index in [-0.39, 0.29) is 11.3 Å². The number of nitro benzene ring substituents is 1. The van der Waals surface area contributed by atoms with Crippen LogP contribution in [0.4, 0.5) is 5.69 Å². The van der Waals surface area contributed by atoms with Crippen LogP contribution in [0, 0.1) is 17.0 Å². The molecule has 0 aromatic heterocycles. The van der Waals surface area contributed by atoms with Crippen LogP contribution in [-0.4, -0.2) is 42.6 Å². The fourth-order valence-corrected chi connectivity index (χ4v) is 2.98. The summed E-state index contributed by atoms with van der Waals surface area (Å²) < 4.78 is 15.9. The first-order valence-corrected chi connectivity index (χ1v) is 9.22. The van der Waals surface area contributed by atoms with Gasteiger partial charge in [0.25, 0.3) is 11.5 Å². The molecule has 1 heterocycles. The van der Waals surface area contributed by atoms with Crippen LogP contribution in [0.15, 0.2) is 65.3 Å². The summed E-state index contributed by atoms with van der Waals surface area (Å²) in [5, 5.41) is 24.2. The molecule has 0 spiro atoms. The van der Waals surface area contributed by atoms with Crippen molar-refractivity contribution in [1.82, 2.24) is 0 Å². The first-order valence-electron chi connectivity index (χ1n) is 9.22. The third kappa shape index (κ3) is 4.36. The molecule has 1 aliphatic rings. The SMILES string of the molecule is COC(=O)C1=C[C@](OO)(c2ccc(C)cc2)O[C@@]1(OC)O/N=C/c1ccc([N+](=O)[O-])cc1. The zero-order valence-corrected chi connectivity index (χ0v) is 17.4. The predicted molar refractivity (Wildman–Crippen MR) is 109 cm³/mol. The molecule has 32 heavy (non-hydrogen) atoms. The Morgan fingerprint density at radius 3 is 2.34 bits per heavy atom. The number of oxime groups is 1. The minimum absolute atomic E-state index is 0.0885. The van der Waals surface area contributed by atoms with E-state index in [0.29, 0.717) is 11.1 Å². The average molecular weight is 444 g/mol. The Balaban J connectivity index is 1.94. The molecular weight excluding hydrogens is 424 g/mol. The van der Waals surface area contributed by atoms with Crippen LogP contribution >= 0.6 is 0 Å². The van der Waals surface area contributed by atoms with Crippen molar-refractivity contribution in [3.8, 4) is 0 Å². The molecule has 0 saturated carbocycles. The Morgan fingerprint density at radius 2 is 1.81 bits per heavy atom. The van der Waals surface area contributed by atoms with E-state index in [1.54, 1.807) is 24.3 Å². The van der Waals surface area contributed by atoms with Crippen molar-refractivity contribution in [2.24, 2.45) is 5.16 Å². The third-order valence-electron chi connectivity index (χ3n) is 4.69. The summed E-state index contributed by atoms with van der Waals surface area (Å²) in [7, 11) is 2.34. The summed E-state index contributed by atoms with van der Waals surface area (Å²) in [5.41, 5.74) is 1.40. The van der Waals surface area contributed by atoms with E-state index in [4.69, 9.17) is 19.0 Å². The van der Waals surface area contributed by atoms with Crippen LogP contribution in [-0.2, 0) is 34.5 Å². The lowest BCUT2D eigenvalue weighted by atomic mass is 10.0. The molecule has 2 atom stereocenters. The Kier molecular flexibility index (Phi) is 6.65. The molecule has 0 radical (unpaired) electrons. The maximum Gasteiger partial charge on any atom is 0.388 e. The number of methoxy groups -OCH3 is 2. The molecule has 0 amide bonds. The van der Waals surface area contributed by atoms with Crippen molar-refractivity contribution in [3.05, 3.63) is 87.0 Å². The lowest BCUT2D eigenvalue weighted by Gasteiger charge is -2.31. The molecule has 2 aromatic rings. The maximum absolute atomic E-state index is 12.4. The van der Waals surface area contributed by atoms with E-state index < -0.39 is 22.7 Å². The maximum atomic E-state index is 12.4. The number of non-ortho nitro benzene ring substituents is 1. The molecule has 3 rings (SSSR count). The van der Waals surface area contributed by atoms with Crippen molar-refractivity contribution in [1.29, 1.82) is 0 Å². The number of nitrogens with zero attached hydrogens (tertiary/aromatic N) is 2. The van der Waals surface area contributed by atoms with E-state index in [2.05, 4.69) is 10.0 Å². The quantitative estimate of drug-likeness (QED) is 0.162. The van der Waals surface area contributed by atoms with Crippen molar-refractivity contribution in [3.63, 3.8) is 0 Å². The number of aryl methyl sites for hydroxylation is 1. The number of ether oxygens (including phenoxy) is 3. The number of benzene rings is 2. The van der Waals surface area contributed by atoms with Gasteiger partial charge < -0.3 is 14.3 Å². The highest BCUT2D eigenvalue weighted by Crippen LogP contribution is 2.45. The van der Waals surface area contributed by atoms with Gasteiger partial charge in [-0.1, -0.05) is 35.0 Å². The first-order chi connectivity index (χ1) is 15.3. The molecule has 11 nitrogen and oxygen atoms in total. The molecule has 1 aliphatic heterocycles. The second-order valence-electron chi connectivity index (χ2n) is 6.71. The van der Waals surface area contributed by atoms with Crippen LogP contribution in [0.3, 0.4) is 0 Å². The molecule has 0 bridgehead atoms. The summed E-state index contributed by atoms with van der Waals surface area (Å²) >= 11 is 0. The molecule has 168 valence electrons. The van der Waals surface area contributed by atoms with Gasteiger partial charge in [0, 0.05) is 30.9 Å². The van der Waals surface area contributed by atoms with E-state index in [1.807, 2.05) is 6.92 Å². The smallest absolute Gasteiger partial charge is 0.388 e. The number of rotatable bonds is 8. The van der Waals surface area contributed by atoms with Crippen molar-refractivity contribution < 1.29 is 38.9 Å². The van der Waals surface area contributed by atoms with Gasteiger partial charge in [-0.05, 0) is 24.6 Å². The summed E-state index contributed by atoms with van der Waals surface area (Å²) in [6.45, 7) is 1.87. The monoisotopic (exact) mass is 444 g/mol. The lowest BCUT2D eigenvalue weighted by Crippen LogP contribution is -2.42. The zero-order chi connectivity index (χ0) is 23.4. The highest BCUT2D eigenvalue weighted by atomic mass is 17.2. The Hall–Kier alpha value is -3.64. The highest BCUT2D eigenvalue weighted by molar-refractivity contribution is 5.90. The Morgan fingerprint density at radius 1 is 1.16 bits per heavy atom. The van der Waals surface area contributed by atoms with Gasteiger partial charge >= 0.3 is 11.9 Å². The fourth-order valence-electron chi connectivity index (χ4n) is 2.98. The van der Waals surface area contributed by atoms with Crippen molar-refractivity contribution >= 4 is 17.9 Å². The number of carbonyl (C=O) groups excluding carboxylic acids is 1. The van der Waals surface area contributed by atoms with Gasteiger partial charge in [-0.15, -0.1) is 0 Å². The number of nitro groups is 1. The molecule has 1 N–H and O–H groups in total. The summed E-state index contributed by atoms with van der Waals surface area (Å²) in [6, 6.07) is 12.3. The predicted octanol–water partition coefficient (Wildman–Crippen LogP) is 3.03. The summed E-state index contributed by atoms with van der Waals surface area (Å²) in [5.74, 6) is -5.04. The standard InChI is InChI=1S/C21H20N2O9/c1-14-4-8-16(9-5-14)20(32-27)12-18(19(24)28-2)21(29-3,30-20)31-22-13-15-6-10-17(11-7-15)23(25)26/h4-13,27H,1-3H3/b22-13+/t20-,21+/m0/s1. The van der Waals surface area contributed by atoms with Crippen molar-refractivity contribution in [2.45, 2.75) is 18.7 Å². The Bertz CT molecular complexity index is 1050.